The fraction of sp³-hybridized carbons (Fsp3) is 0.583. The fourth-order valence-corrected chi connectivity index (χ4v) is 1.71. The first kappa shape index (κ1) is 13.9. The van der Waals surface area contributed by atoms with Gasteiger partial charge in [-0.15, -0.1) is 0 Å². The molecule has 0 radical (unpaired) electrons. The number of nitrogens with zero attached hydrogens (tertiary/aromatic N) is 1. The molecule has 1 rings (SSSR count). The molecular weight excluding hydrogens is 234 g/mol. The van der Waals surface area contributed by atoms with Gasteiger partial charge in [0.15, 0.2) is 11.5 Å². The first-order valence-electron chi connectivity index (χ1n) is 5.60. The largest absolute Gasteiger partial charge is 0.436 e. The van der Waals surface area contributed by atoms with Crippen LogP contribution in [-0.2, 0) is 12.6 Å². The molecule has 0 aliphatic carbocycles. The van der Waals surface area contributed by atoms with Crippen molar-refractivity contribution in [2.24, 2.45) is 5.92 Å². The van der Waals surface area contributed by atoms with E-state index in [9.17, 15) is 17.6 Å². The van der Waals surface area contributed by atoms with Crippen LogP contribution in [0.25, 0.3) is 0 Å². The topological polar surface area (TPSA) is 12.9 Å². The maximum absolute atomic E-state index is 13.2. The van der Waals surface area contributed by atoms with Crippen molar-refractivity contribution >= 4 is 0 Å². The SMILES string of the molecule is CCC(CC)Cc1cnc(C(F)(F)F)c(F)c1. The van der Waals surface area contributed by atoms with Crippen LogP contribution in [0, 0.1) is 11.7 Å². The number of hydrogen-bond acceptors (Lipinski definition) is 1. The van der Waals surface area contributed by atoms with Gasteiger partial charge in [0.2, 0.25) is 0 Å². The van der Waals surface area contributed by atoms with Gasteiger partial charge in [0.25, 0.3) is 0 Å². The highest BCUT2D eigenvalue weighted by Crippen LogP contribution is 2.30. The Bertz CT molecular complexity index is 369. The zero-order chi connectivity index (χ0) is 13.1. The number of aromatic nitrogens is 1. The van der Waals surface area contributed by atoms with Crippen LogP contribution < -0.4 is 0 Å². The lowest BCUT2D eigenvalue weighted by atomic mass is 9.95. The number of pyridine rings is 1. The minimum absolute atomic E-state index is 0.355. The van der Waals surface area contributed by atoms with Gasteiger partial charge in [0.1, 0.15) is 0 Å². The van der Waals surface area contributed by atoms with E-state index < -0.39 is 17.7 Å². The molecule has 0 spiro atoms. The summed E-state index contributed by atoms with van der Waals surface area (Å²) < 4.78 is 50.0. The summed E-state index contributed by atoms with van der Waals surface area (Å²) in [5.41, 5.74) is -0.921. The van der Waals surface area contributed by atoms with Gasteiger partial charge < -0.3 is 0 Å². The molecule has 5 heteroatoms. The third-order valence-electron chi connectivity index (χ3n) is 2.85. The Hall–Kier alpha value is -1.13. The highest BCUT2D eigenvalue weighted by molar-refractivity contribution is 5.18. The van der Waals surface area contributed by atoms with Crippen LogP contribution in [0.4, 0.5) is 17.6 Å². The maximum atomic E-state index is 13.2. The monoisotopic (exact) mass is 249 g/mol. The lowest BCUT2D eigenvalue weighted by Gasteiger charge is -2.13. The number of rotatable bonds is 4. The second-order valence-corrected chi connectivity index (χ2v) is 4.06. The molecule has 0 saturated carbocycles. The summed E-state index contributed by atoms with van der Waals surface area (Å²) in [7, 11) is 0. The second kappa shape index (κ2) is 5.47. The van der Waals surface area contributed by atoms with Gasteiger partial charge in [-0.1, -0.05) is 26.7 Å². The highest BCUT2D eigenvalue weighted by atomic mass is 19.4. The van der Waals surface area contributed by atoms with Crippen molar-refractivity contribution in [2.45, 2.75) is 39.3 Å². The standard InChI is InChI=1S/C12H15F4N/c1-3-8(4-2)5-9-6-10(13)11(17-7-9)12(14,15)16/h6-8H,3-5H2,1-2H3. The van der Waals surface area contributed by atoms with E-state index in [4.69, 9.17) is 0 Å². The normalized spacial score (nSPS) is 12.2. The van der Waals surface area contributed by atoms with Crippen LogP contribution in [0.2, 0.25) is 0 Å². The van der Waals surface area contributed by atoms with Gasteiger partial charge in [-0.05, 0) is 24.0 Å². The smallest absolute Gasteiger partial charge is 0.249 e. The summed E-state index contributed by atoms with van der Waals surface area (Å²) in [6.07, 6.45) is -1.21. The van der Waals surface area contributed by atoms with E-state index >= 15 is 0 Å². The van der Waals surface area contributed by atoms with E-state index in [0.717, 1.165) is 25.1 Å². The molecule has 0 bridgehead atoms. The first-order chi connectivity index (χ1) is 7.88. The zero-order valence-electron chi connectivity index (χ0n) is 9.81. The Balaban J connectivity index is 2.89. The van der Waals surface area contributed by atoms with E-state index in [1.54, 1.807) is 0 Å². The van der Waals surface area contributed by atoms with Crippen molar-refractivity contribution in [2.75, 3.05) is 0 Å². The Morgan fingerprint density at radius 2 is 1.82 bits per heavy atom. The molecule has 0 aliphatic rings. The van der Waals surface area contributed by atoms with Gasteiger partial charge >= 0.3 is 6.18 Å². The quantitative estimate of drug-likeness (QED) is 0.728. The van der Waals surface area contributed by atoms with Crippen molar-refractivity contribution in [3.63, 3.8) is 0 Å². The molecule has 0 amide bonds. The summed E-state index contributed by atoms with van der Waals surface area (Å²) in [4.78, 5) is 3.17. The molecule has 96 valence electrons. The van der Waals surface area contributed by atoms with Crippen LogP contribution >= 0.6 is 0 Å². The molecule has 0 N–H and O–H groups in total. The van der Waals surface area contributed by atoms with Gasteiger partial charge in [-0.2, -0.15) is 13.2 Å². The molecule has 0 aliphatic heterocycles. The van der Waals surface area contributed by atoms with Gasteiger partial charge in [-0.3, -0.25) is 0 Å². The summed E-state index contributed by atoms with van der Waals surface area (Å²) >= 11 is 0. The fourth-order valence-electron chi connectivity index (χ4n) is 1.71. The average molecular weight is 249 g/mol. The number of hydrogen-bond donors (Lipinski definition) is 0. The molecule has 1 aromatic heterocycles. The van der Waals surface area contributed by atoms with Crippen LogP contribution in [0.5, 0.6) is 0 Å². The van der Waals surface area contributed by atoms with Crippen molar-refractivity contribution in [3.05, 3.63) is 29.3 Å². The Labute approximate surface area is 97.9 Å². The summed E-state index contributed by atoms with van der Waals surface area (Å²) in [6, 6.07) is 0.939. The zero-order valence-corrected chi connectivity index (χ0v) is 9.81. The number of halogens is 4. The van der Waals surface area contributed by atoms with E-state index in [1.807, 2.05) is 13.8 Å². The average Bonchev–Trinajstić information content (AvgIpc) is 2.24. The van der Waals surface area contributed by atoms with Crippen LogP contribution in [0.1, 0.15) is 37.9 Å². The van der Waals surface area contributed by atoms with E-state index in [0.29, 0.717) is 17.9 Å². The van der Waals surface area contributed by atoms with Crippen LogP contribution in [0.15, 0.2) is 12.3 Å². The van der Waals surface area contributed by atoms with E-state index in [1.165, 1.54) is 0 Å². The van der Waals surface area contributed by atoms with Crippen LogP contribution in [0.3, 0.4) is 0 Å². The van der Waals surface area contributed by atoms with E-state index in [2.05, 4.69) is 4.98 Å². The summed E-state index contributed by atoms with van der Waals surface area (Å²) in [5.74, 6) is -0.936. The lowest BCUT2D eigenvalue weighted by Crippen LogP contribution is -2.12. The van der Waals surface area contributed by atoms with Crippen molar-refractivity contribution in [3.8, 4) is 0 Å². The van der Waals surface area contributed by atoms with Gasteiger partial charge in [0, 0.05) is 6.20 Å². The third-order valence-corrected chi connectivity index (χ3v) is 2.85. The highest BCUT2D eigenvalue weighted by Gasteiger charge is 2.36. The third kappa shape index (κ3) is 3.68. The molecule has 0 unspecified atom stereocenters. The first-order valence-corrected chi connectivity index (χ1v) is 5.60. The second-order valence-electron chi connectivity index (χ2n) is 4.06. The van der Waals surface area contributed by atoms with Gasteiger partial charge in [-0.25, -0.2) is 9.37 Å². The van der Waals surface area contributed by atoms with Crippen molar-refractivity contribution in [1.29, 1.82) is 0 Å². The summed E-state index contributed by atoms with van der Waals surface area (Å²) in [5, 5.41) is 0. The van der Waals surface area contributed by atoms with Crippen molar-refractivity contribution in [1.82, 2.24) is 4.98 Å². The number of alkyl halides is 3. The molecule has 0 fully saturated rings. The molecule has 1 nitrogen and oxygen atoms in total. The molecule has 1 heterocycles. The van der Waals surface area contributed by atoms with Gasteiger partial charge in [0.05, 0.1) is 0 Å². The predicted molar refractivity (Wildman–Crippen MR) is 57.0 cm³/mol. The Kier molecular flexibility index (Phi) is 4.48. The molecule has 1 aromatic rings. The molecule has 0 aromatic carbocycles. The van der Waals surface area contributed by atoms with E-state index in [-0.39, 0.29) is 0 Å². The predicted octanol–water partition coefficient (Wildman–Crippen LogP) is 4.22. The lowest BCUT2D eigenvalue weighted by molar-refractivity contribution is -0.143. The Morgan fingerprint density at radius 1 is 1.24 bits per heavy atom. The Morgan fingerprint density at radius 3 is 2.24 bits per heavy atom. The minimum atomic E-state index is -4.72. The minimum Gasteiger partial charge on any atom is -0.249 e. The molecule has 0 atom stereocenters. The molecule has 17 heavy (non-hydrogen) atoms. The molecular formula is C12H15F4N. The molecule has 0 saturated heterocycles. The van der Waals surface area contributed by atoms with Crippen molar-refractivity contribution < 1.29 is 17.6 Å². The van der Waals surface area contributed by atoms with Crippen LogP contribution in [-0.4, -0.2) is 4.98 Å². The summed E-state index contributed by atoms with van der Waals surface area (Å²) in [6.45, 7) is 4.00. The maximum Gasteiger partial charge on any atom is 0.436 e.